The Morgan fingerprint density at radius 2 is 1.90 bits per heavy atom. The molecule has 1 fully saturated rings. The first-order valence-electron chi connectivity index (χ1n) is 7.79. The molecule has 0 spiro atoms. The second-order valence-corrected chi connectivity index (χ2v) is 5.85. The van der Waals surface area contributed by atoms with Crippen LogP contribution >= 0.6 is 0 Å². The minimum absolute atomic E-state index is 0.0808. The van der Waals surface area contributed by atoms with E-state index in [0.717, 1.165) is 37.7 Å². The average molecular weight is 291 g/mol. The van der Waals surface area contributed by atoms with Crippen molar-refractivity contribution in [1.29, 1.82) is 0 Å². The summed E-state index contributed by atoms with van der Waals surface area (Å²) in [7, 11) is 0. The second-order valence-electron chi connectivity index (χ2n) is 5.85. The molecular formula is C17H25NO3. The fourth-order valence-corrected chi connectivity index (χ4v) is 2.77. The van der Waals surface area contributed by atoms with E-state index in [2.05, 4.69) is 5.32 Å². The Morgan fingerprint density at radius 1 is 1.19 bits per heavy atom. The van der Waals surface area contributed by atoms with Crippen molar-refractivity contribution in [2.75, 3.05) is 13.2 Å². The molecule has 21 heavy (non-hydrogen) atoms. The molecule has 4 nitrogen and oxygen atoms in total. The fourth-order valence-electron chi connectivity index (χ4n) is 2.77. The minimum Gasteiger partial charge on any atom is -0.389 e. The number of carbonyl (C=O) groups is 1. The molecule has 0 heterocycles. The van der Waals surface area contributed by atoms with Gasteiger partial charge >= 0.3 is 0 Å². The SMILES string of the molecule is O=C(CC1(O)CCCCC1)NCCOCc1ccccc1. The number of hydrogen-bond acceptors (Lipinski definition) is 3. The molecule has 0 bridgehead atoms. The number of amides is 1. The lowest BCUT2D eigenvalue weighted by atomic mass is 9.82. The van der Waals surface area contributed by atoms with Crippen LogP contribution in [0.3, 0.4) is 0 Å². The third kappa shape index (κ3) is 5.86. The molecule has 1 aromatic rings. The Bertz CT molecular complexity index is 427. The maximum atomic E-state index is 11.8. The first-order valence-corrected chi connectivity index (χ1v) is 7.79. The van der Waals surface area contributed by atoms with Crippen molar-refractivity contribution in [3.63, 3.8) is 0 Å². The van der Waals surface area contributed by atoms with Gasteiger partial charge in [0, 0.05) is 6.54 Å². The van der Waals surface area contributed by atoms with Crippen LogP contribution in [0, 0.1) is 0 Å². The predicted octanol–water partition coefficient (Wildman–Crippen LogP) is 2.40. The summed E-state index contributed by atoms with van der Waals surface area (Å²) in [6.07, 6.45) is 4.90. The summed E-state index contributed by atoms with van der Waals surface area (Å²) in [5, 5.41) is 13.1. The summed E-state index contributed by atoms with van der Waals surface area (Å²) in [6, 6.07) is 9.95. The average Bonchev–Trinajstić information content (AvgIpc) is 2.48. The Labute approximate surface area is 126 Å². The van der Waals surface area contributed by atoms with Crippen LogP contribution in [0.4, 0.5) is 0 Å². The van der Waals surface area contributed by atoms with Gasteiger partial charge < -0.3 is 15.2 Å². The Balaban J connectivity index is 1.57. The fraction of sp³-hybridized carbons (Fsp3) is 0.588. The Hall–Kier alpha value is -1.39. The maximum absolute atomic E-state index is 11.8. The summed E-state index contributed by atoms with van der Waals surface area (Å²) in [5.41, 5.74) is 0.341. The van der Waals surface area contributed by atoms with Crippen LogP contribution in [-0.4, -0.2) is 29.8 Å². The first-order chi connectivity index (χ1) is 10.2. The number of carbonyl (C=O) groups excluding carboxylic acids is 1. The summed E-state index contributed by atoms with van der Waals surface area (Å²) >= 11 is 0. The molecule has 0 aliphatic heterocycles. The van der Waals surface area contributed by atoms with Gasteiger partial charge in [0.15, 0.2) is 0 Å². The highest BCUT2D eigenvalue weighted by Gasteiger charge is 2.31. The van der Waals surface area contributed by atoms with E-state index in [4.69, 9.17) is 4.74 Å². The number of hydrogen-bond donors (Lipinski definition) is 2. The van der Waals surface area contributed by atoms with Gasteiger partial charge in [-0.2, -0.15) is 0 Å². The zero-order chi connectivity index (χ0) is 15.0. The van der Waals surface area contributed by atoms with Gasteiger partial charge in [-0.25, -0.2) is 0 Å². The van der Waals surface area contributed by atoms with E-state index in [-0.39, 0.29) is 12.3 Å². The van der Waals surface area contributed by atoms with E-state index in [1.807, 2.05) is 30.3 Å². The molecule has 1 amide bonds. The largest absolute Gasteiger partial charge is 0.389 e. The van der Waals surface area contributed by atoms with Crippen molar-refractivity contribution >= 4 is 5.91 Å². The molecular weight excluding hydrogens is 266 g/mol. The molecule has 0 atom stereocenters. The van der Waals surface area contributed by atoms with Crippen molar-refractivity contribution in [2.24, 2.45) is 0 Å². The van der Waals surface area contributed by atoms with Gasteiger partial charge in [-0.1, -0.05) is 49.6 Å². The number of ether oxygens (including phenoxy) is 1. The summed E-state index contributed by atoms with van der Waals surface area (Å²) in [5.74, 6) is -0.0808. The van der Waals surface area contributed by atoms with Gasteiger partial charge in [0.05, 0.1) is 25.2 Å². The number of nitrogens with one attached hydrogen (secondary N) is 1. The molecule has 2 rings (SSSR count). The Morgan fingerprint density at radius 3 is 2.62 bits per heavy atom. The van der Waals surface area contributed by atoms with Crippen LogP contribution in [0.25, 0.3) is 0 Å². The molecule has 4 heteroatoms. The van der Waals surface area contributed by atoms with Crippen molar-refractivity contribution in [3.8, 4) is 0 Å². The molecule has 1 saturated carbocycles. The van der Waals surface area contributed by atoms with Crippen LogP contribution in [0.5, 0.6) is 0 Å². The molecule has 0 saturated heterocycles. The highest BCUT2D eigenvalue weighted by atomic mass is 16.5. The molecule has 0 unspecified atom stereocenters. The third-order valence-corrected chi connectivity index (χ3v) is 3.95. The molecule has 1 aromatic carbocycles. The summed E-state index contributed by atoms with van der Waals surface area (Å²) in [6.45, 7) is 1.53. The van der Waals surface area contributed by atoms with Crippen molar-refractivity contribution in [1.82, 2.24) is 5.32 Å². The molecule has 0 aromatic heterocycles. The lowest BCUT2D eigenvalue weighted by Gasteiger charge is -2.31. The van der Waals surface area contributed by atoms with Gasteiger partial charge in [-0.15, -0.1) is 0 Å². The number of rotatable bonds is 7. The third-order valence-electron chi connectivity index (χ3n) is 3.95. The van der Waals surface area contributed by atoms with Crippen molar-refractivity contribution in [3.05, 3.63) is 35.9 Å². The van der Waals surface area contributed by atoms with E-state index in [0.29, 0.717) is 19.8 Å². The van der Waals surface area contributed by atoms with Gasteiger partial charge in [-0.05, 0) is 18.4 Å². The van der Waals surface area contributed by atoms with Gasteiger partial charge in [0.25, 0.3) is 0 Å². The van der Waals surface area contributed by atoms with E-state index in [9.17, 15) is 9.90 Å². The zero-order valence-electron chi connectivity index (χ0n) is 12.5. The molecule has 2 N–H and O–H groups in total. The van der Waals surface area contributed by atoms with Gasteiger partial charge in [-0.3, -0.25) is 4.79 Å². The van der Waals surface area contributed by atoms with Crippen molar-refractivity contribution in [2.45, 2.75) is 50.7 Å². The number of aliphatic hydroxyl groups is 1. The molecule has 0 radical (unpaired) electrons. The highest BCUT2D eigenvalue weighted by Crippen LogP contribution is 2.30. The van der Waals surface area contributed by atoms with E-state index >= 15 is 0 Å². The first kappa shape index (κ1) is 16.0. The van der Waals surface area contributed by atoms with Crippen LogP contribution in [0.2, 0.25) is 0 Å². The quantitative estimate of drug-likeness (QED) is 0.758. The van der Waals surface area contributed by atoms with Crippen LogP contribution in [0.1, 0.15) is 44.1 Å². The van der Waals surface area contributed by atoms with Gasteiger partial charge in [0.2, 0.25) is 5.91 Å². The zero-order valence-corrected chi connectivity index (χ0v) is 12.5. The van der Waals surface area contributed by atoms with Crippen LogP contribution in [0.15, 0.2) is 30.3 Å². The summed E-state index contributed by atoms with van der Waals surface area (Å²) < 4.78 is 5.51. The minimum atomic E-state index is -0.784. The molecule has 1 aliphatic rings. The van der Waals surface area contributed by atoms with E-state index < -0.39 is 5.60 Å². The van der Waals surface area contributed by atoms with Gasteiger partial charge in [0.1, 0.15) is 0 Å². The number of benzene rings is 1. The monoisotopic (exact) mass is 291 g/mol. The normalized spacial score (nSPS) is 17.4. The topological polar surface area (TPSA) is 58.6 Å². The van der Waals surface area contributed by atoms with E-state index in [1.165, 1.54) is 0 Å². The molecule has 116 valence electrons. The maximum Gasteiger partial charge on any atom is 0.222 e. The summed E-state index contributed by atoms with van der Waals surface area (Å²) in [4.78, 5) is 11.8. The second kappa shape index (κ2) is 8.15. The van der Waals surface area contributed by atoms with Crippen LogP contribution < -0.4 is 5.32 Å². The van der Waals surface area contributed by atoms with Crippen LogP contribution in [-0.2, 0) is 16.1 Å². The standard InChI is InChI=1S/C17H25NO3/c19-16(13-17(20)9-5-2-6-10-17)18-11-12-21-14-15-7-3-1-4-8-15/h1,3-4,7-8,20H,2,5-6,9-14H2,(H,18,19). The lowest BCUT2D eigenvalue weighted by Crippen LogP contribution is -2.39. The van der Waals surface area contributed by atoms with Crippen molar-refractivity contribution < 1.29 is 14.6 Å². The van der Waals surface area contributed by atoms with E-state index in [1.54, 1.807) is 0 Å². The lowest BCUT2D eigenvalue weighted by molar-refractivity contribution is -0.127. The highest BCUT2D eigenvalue weighted by molar-refractivity contribution is 5.77. The Kier molecular flexibility index (Phi) is 6.21. The molecule has 1 aliphatic carbocycles. The predicted molar refractivity (Wildman–Crippen MR) is 81.8 cm³/mol. The smallest absolute Gasteiger partial charge is 0.222 e.